The van der Waals surface area contributed by atoms with Gasteiger partial charge in [-0.25, -0.2) is 4.98 Å². The number of carbonyl (C=O) groups is 1. The number of aryl methyl sites for hydroxylation is 1. The molecule has 0 aliphatic heterocycles. The van der Waals surface area contributed by atoms with E-state index < -0.39 is 0 Å². The number of amides is 1. The summed E-state index contributed by atoms with van der Waals surface area (Å²) in [6, 6.07) is 1.88. The van der Waals surface area contributed by atoms with Gasteiger partial charge in [0.05, 0.1) is 11.9 Å². The Bertz CT molecular complexity index is 355. The Morgan fingerprint density at radius 1 is 1.60 bits per heavy atom. The lowest BCUT2D eigenvalue weighted by atomic mass is 10.3. The third-order valence-electron chi connectivity index (χ3n) is 1.90. The standard InChI is InChI=1S/C10H14BrN3O/c1-7-5-8(6-13-10(7)11)14-9(15)3-4-12-2/h5-6,12H,3-4H2,1-2H3,(H,14,15). The number of nitrogens with zero attached hydrogens (tertiary/aromatic N) is 1. The molecule has 0 aromatic carbocycles. The predicted molar refractivity (Wildman–Crippen MR) is 63.8 cm³/mol. The molecule has 5 heteroatoms. The van der Waals surface area contributed by atoms with Crippen molar-refractivity contribution in [3.05, 3.63) is 22.4 Å². The molecule has 1 aromatic rings. The summed E-state index contributed by atoms with van der Waals surface area (Å²) in [5.41, 5.74) is 1.73. The highest BCUT2D eigenvalue weighted by Crippen LogP contribution is 2.16. The van der Waals surface area contributed by atoms with Crippen LogP contribution in [0, 0.1) is 6.92 Å². The molecule has 0 bridgehead atoms. The van der Waals surface area contributed by atoms with E-state index in [1.54, 1.807) is 6.20 Å². The Balaban J connectivity index is 2.57. The van der Waals surface area contributed by atoms with E-state index in [1.807, 2.05) is 20.0 Å². The maximum absolute atomic E-state index is 11.4. The van der Waals surface area contributed by atoms with Gasteiger partial charge in [-0.05, 0) is 41.5 Å². The summed E-state index contributed by atoms with van der Waals surface area (Å²) < 4.78 is 0.802. The molecule has 4 nitrogen and oxygen atoms in total. The van der Waals surface area contributed by atoms with E-state index in [0.717, 1.165) is 15.9 Å². The van der Waals surface area contributed by atoms with E-state index in [-0.39, 0.29) is 5.91 Å². The molecular formula is C10H14BrN3O. The van der Waals surface area contributed by atoms with Gasteiger partial charge in [0.2, 0.25) is 5.91 Å². The summed E-state index contributed by atoms with van der Waals surface area (Å²) >= 11 is 3.30. The predicted octanol–water partition coefficient (Wildman–Crippen LogP) is 1.70. The van der Waals surface area contributed by atoms with Gasteiger partial charge in [-0.1, -0.05) is 0 Å². The number of hydrogen-bond donors (Lipinski definition) is 2. The largest absolute Gasteiger partial charge is 0.325 e. The second-order valence-electron chi connectivity index (χ2n) is 3.23. The van der Waals surface area contributed by atoms with Crippen LogP contribution in [-0.4, -0.2) is 24.5 Å². The van der Waals surface area contributed by atoms with Crippen LogP contribution in [0.15, 0.2) is 16.9 Å². The van der Waals surface area contributed by atoms with Crippen molar-refractivity contribution in [2.45, 2.75) is 13.3 Å². The minimum absolute atomic E-state index is 0.00660. The summed E-state index contributed by atoms with van der Waals surface area (Å²) in [6.45, 7) is 2.61. The first-order chi connectivity index (χ1) is 7.13. The maximum atomic E-state index is 11.4. The van der Waals surface area contributed by atoms with E-state index in [2.05, 4.69) is 31.5 Å². The van der Waals surface area contributed by atoms with Crippen LogP contribution in [0.1, 0.15) is 12.0 Å². The Morgan fingerprint density at radius 3 is 2.93 bits per heavy atom. The molecular weight excluding hydrogens is 258 g/mol. The molecule has 1 aromatic heterocycles. The topological polar surface area (TPSA) is 54.0 Å². The van der Waals surface area contributed by atoms with Crippen LogP contribution in [0.25, 0.3) is 0 Å². The highest BCUT2D eigenvalue weighted by molar-refractivity contribution is 9.10. The van der Waals surface area contributed by atoms with Crippen LogP contribution in [0.2, 0.25) is 0 Å². The van der Waals surface area contributed by atoms with Crippen LogP contribution in [0.5, 0.6) is 0 Å². The fourth-order valence-electron chi connectivity index (χ4n) is 1.09. The van der Waals surface area contributed by atoms with Crippen LogP contribution in [0.3, 0.4) is 0 Å². The van der Waals surface area contributed by atoms with E-state index in [0.29, 0.717) is 13.0 Å². The summed E-state index contributed by atoms with van der Waals surface area (Å²) in [6.07, 6.45) is 2.10. The van der Waals surface area contributed by atoms with E-state index in [4.69, 9.17) is 0 Å². The van der Waals surface area contributed by atoms with Crippen LogP contribution in [0.4, 0.5) is 5.69 Å². The van der Waals surface area contributed by atoms with Crippen LogP contribution < -0.4 is 10.6 Å². The SMILES string of the molecule is CNCCC(=O)Nc1cnc(Br)c(C)c1. The number of hydrogen-bond acceptors (Lipinski definition) is 3. The number of rotatable bonds is 4. The van der Waals surface area contributed by atoms with Crippen molar-refractivity contribution in [3.8, 4) is 0 Å². The number of pyridine rings is 1. The molecule has 0 atom stereocenters. The van der Waals surface area contributed by atoms with Crippen molar-refractivity contribution in [2.24, 2.45) is 0 Å². The smallest absolute Gasteiger partial charge is 0.225 e. The van der Waals surface area contributed by atoms with Gasteiger partial charge in [0.15, 0.2) is 0 Å². The maximum Gasteiger partial charge on any atom is 0.225 e. The van der Waals surface area contributed by atoms with Gasteiger partial charge in [0.1, 0.15) is 4.60 Å². The van der Waals surface area contributed by atoms with Crippen molar-refractivity contribution < 1.29 is 4.79 Å². The Morgan fingerprint density at radius 2 is 2.33 bits per heavy atom. The third-order valence-corrected chi connectivity index (χ3v) is 2.73. The third kappa shape index (κ3) is 3.97. The zero-order valence-corrected chi connectivity index (χ0v) is 10.4. The zero-order chi connectivity index (χ0) is 11.3. The summed E-state index contributed by atoms with van der Waals surface area (Å²) in [5, 5.41) is 5.70. The first kappa shape index (κ1) is 12.1. The van der Waals surface area contributed by atoms with Gasteiger partial charge in [-0.3, -0.25) is 4.79 Å². The van der Waals surface area contributed by atoms with Gasteiger partial charge in [-0.15, -0.1) is 0 Å². The average Bonchev–Trinajstić information content (AvgIpc) is 2.20. The molecule has 0 saturated carbocycles. The highest BCUT2D eigenvalue weighted by atomic mass is 79.9. The summed E-state index contributed by atoms with van der Waals surface area (Å²) in [5.74, 6) is -0.00660. The number of aromatic nitrogens is 1. The van der Waals surface area contributed by atoms with Crippen molar-refractivity contribution in [1.29, 1.82) is 0 Å². The summed E-state index contributed by atoms with van der Waals surface area (Å²) in [7, 11) is 1.82. The van der Waals surface area contributed by atoms with E-state index in [9.17, 15) is 4.79 Å². The van der Waals surface area contributed by atoms with Crippen molar-refractivity contribution in [2.75, 3.05) is 18.9 Å². The lowest BCUT2D eigenvalue weighted by Gasteiger charge is -2.06. The van der Waals surface area contributed by atoms with Crippen LogP contribution in [-0.2, 0) is 4.79 Å². The summed E-state index contributed by atoms with van der Waals surface area (Å²) in [4.78, 5) is 15.5. The first-order valence-corrected chi connectivity index (χ1v) is 5.49. The average molecular weight is 272 g/mol. The molecule has 1 rings (SSSR count). The molecule has 0 aliphatic carbocycles. The minimum atomic E-state index is -0.00660. The van der Waals surface area contributed by atoms with Gasteiger partial charge in [0, 0.05) is 13.0 Å². The second-order valence-corrected chi connectivity index (χ2v) is 3.98. The lowest BCUT2D eigenvalue weighted by molar-refractivity contribution is -0.116. The molecule has 82 valence electrons. The quantitative estimate of drug-likeness (QED) is 0.820. The molecule has 1 amide bonds. The van der Waals surface area contributed by atoms with Gasteiger partial charge in [0.25, 0.3) is 0 Å². The normalized spacial score (nSPS) is 10.1. The van der Waals surface area contributed by atoms with Gasteiger partial charge >= 0.3 is 0 Å². The Hall–Kier alpha value is -0.940. The molecule has 2 N–H and O–H groups in total. The molecule has 0 unspecified atom stereocenters. The van der Waals surface area contributed by atoms with E-state index in [1.165, 1.54) is 0 Å². The molecule has 0 fully saturated rings. The number of nitrogens with one attached hydrogen (secondary N) is 2. The molecule has 0 radical (unpaired) electrons. The first-order valence-electron chi connectivity index (χ1n) is 4.70. The fraction of sp³-hybridized carbons (Fsp3) is 0.400. The second kappa shape index (κ2) is 5.82. The van der Waals surface area contributed by atoms with Crippen molar-refractivity contribution >= 4 is 27.5 Å². The van der Waals surface area contributed by atoms with E-state index >= 15 is 0 Å². The molecule has 0 saturated heterocycles. The van der Waals surface area contributed by atoms with Crippen molar-refractivity contribution in [1.82, 2.24) is 10.3 Å². The minimum Gasteiger partial charge on any atom is -0.325 e. The molecule has 0 spiro atoms. The Labute approximate surface area is 97.6 Å². The monoisotopic (exact) mass is 271 g/mol. The Kier molecular flexibility index (Phi) is 4.71. The number of anilines is 1. The lowest BCUT2D eigenvalue weighted by Crippen LogP contribution is -2.18. The molecule has 15 heavy (non-hydrogen) atoms. The molecule has 1 heterocycles. The highest BCUT2D eigenvalue weighted by Gasteiger charge is 2.03. The molecule has 0 aliphatic rings. The zero-order valence-electron chi connectivity index (χ0n) is 8.80. The van der Waals surface area contributed by atoms with Crippen LogP contribution >= 0.6 is 15.9 Å². The number of carbonyl (C=O) groups excluding carboxylic acids is 1. The number of halogens is 1. The fourth-order valence-corrected chi connectivity index (χ4v) is 1.31. The van der Waals surface area contributed by atoms with Gasteiger partial charge in [-0.2, -0.15) is 0 Å². The van der Waals surface area contributed by atoms with Gasteiger partial charge < -0.3 is 10.6 Å². The van der Waals surface area contributed by atoms with Crippen molar-refractivity contribution in [3.63, 3.8) is 0 Å².